The summed E-state index contributed by atoms with van der Waals surface area (Å²) in [4.78, 5) is 0. The highest BCUT2D eigenvalue weighted by Gasteiger charge is 2.08. The van der Waals surface area contributed by atoms with Gasteiger partial charge in [-0.15, -0.1) is 0 Å². The highest BCUT2D eigenvalue weighted by Crippen LogP contribution is 2.20. The maximum absolute atomic E-state index is 5.44. The van der Waals surface area contributed by atoms with E-state index in [-0.39, 0.29) is 0 Å². The van der Waals surface area contributed by atoms with Crippen LogP contribution in [0.15, 0.2) is 45.9 Å². The lowest BCUT2D eigenvalue weighted by Gasteiger charge is -2.06. The summed E-state index contributed by atoms with van der Waals surface area (Å²) < 4.78 is 12.9. The Kier molecular flexibility index (Phi) is 4.76. The van der Waals surface area contributed by atoms with Gasteiger partial charge < -0.3 is 9.15 Å². The normalized spacial score (nSPS) is 11.1. The molecule has 0 unspecified atom stereocenters. The minimum atomic E-state index is 0.409. The third-order valence-corrected chi connectivity index (χ3v) is 3.48. The number of aromatic amines is 1. The number of ether oxygens (including phenoxy) is 1. The predicted octanol–water partition coefficient (Wildman–Crippen LogP) is 3.49. The molecule has 24 heavy (non-hydrogen) atoms. The van der Waals surface area contributed by atoms with Gasteiger partial charge in [0, 0.05) is 5.56 Å². The standard InChI is InChI=1S/C16H17N5O2S/c1-3-22-13-8-5-12(6-9-13)15-18-19-16(24)21(15)20-17-10-14-7-4-11(2)23-14/h4-10,20H,3H2,1-2H3,(H,19,24)/b17-10+. The van der Waals surface area contributed by atoms with Crippen LogP contribution in [0.2, 0.25) is 0 Å². The third-order valence-electron chi connectivity index (χ3n) is 3.21. The van der Waals surface area contributed by atoms with Crippen molar-refractivity contribution in [1.29, 1.82) is 0 Å². The summed E-state index contributed by atoms with van der Waals surface area (Å²) in [6, 6.07) is 11.3. The summed E-state index contributed by atoms with van der Waals surface area (Å²) in [5.74, 6) is 2.90. The van der Waals surface area contributed by atoms with Crippen LogP contribution in [0.3, 0.4) is 0 Å². The van der Waals surface area contributed by atoms with E-state index in [0.717, 1.165) is 17.1 Å². The van der Waals surface area contributed by atoms with Crippen LogP contribution in [0.4, 0.5) is 0 Å². The second kappa shape index (κ2) is 7.14. The fourth-order valence-electron chi connectivity index (χ4n) is 2.12. The number of aromatic nitrogens is 3. The van der Waals surface area contributed by atoms with E-state index in [4.69, 9.17) is 21.4 Å². The number of hydrogen-bond donors (Lipinski definition) is 2. The molecule has 1 aromatic carbocycles. The Bertz CT molecular complexity index is 892. The van der Waals surface area contributed by atoms with Gasteiger partial charge in [-0.05, 0) is 62.5 Å². The van der Waals surface area contributed by atoms with Gasteiger partial charge in [-0.25, -0.2) is 10.6 Å². The van der Waals surface area contributed by atoms with Gasteiger partial charge in [0.25, 0.3) is 0 Å². The first-order chi connectivity index (χ1) is 11.7. The number of nitrogens with one attached hydrogen (secondary N) is 2. The Labute approximate surface area is 143 Å². The number of nitrogens with zero attached hydrogens (tertiary/aromatic N) is 3. The second-order valence-corrected chi connectivity index (χ2v) is 5.34. The molecule has 2 heterocycles. The molecule has 0 radical (unpaired) electrons. The molecular weight excluding hydrogens is 326 g/mol. The van der Waals surface area contributed by atoms with Crippen molar-refractivity contribution in [3.63, 3.8) is 0 Å². The summed E-state index contributed by atoms with van der Waals surface area (Å²) >= 11 is 5.23. The largest absolute Gasteiger partial charge is 0.494 e. The zero-order valence-corrected chi connectivity index (χ0v) is 14.1. The van der Waals surface area contributed by atoms with E-state index in [2.05, 4.69) is 20.8 Å². The Morgan fingerprint density at radius 3 is 2.79 bits per heavy atom. The Hall–Kier alpha value is -2.87. The molecule has 7 nitrogen and oxygen atoms in total. The van der Waals surface area contributed by atoms with Gasteiger partial charge in [0.05, 0.1) is 12.8 Å². The lowest BCUT2D eigenvalue weighted by atomic mass is 10.2. The molecule has 0 amide bonds. The summed E-state index contributed by atoms with van der Waals surface area (Å²) in [6.45, 7) is 4.45. The van der Waals surface area contributed by atoms with E-state index in [1.165, 1.54) is 0 Å². The van der Waals surface area contributed by atoms with E-state index in [0.29, 0.717) is 23.0 Å². The minimum Gasteiger partial charge on any atom is -0.494 e. The van der Waals surface area contributed by atoms with Gasteiger partial charge in [-0.1, -0.05) is 0 Å². The molecule has 0 fully saturated rings. The van der Waals surface area contributed by atoms with Gasteiger partial charge in [0.15, 0.2) is 5.82 Å². The van der Waals surface area contributed by atoms with Crippen LogP contribution in [-0.4, -0.2) is 27.7 Å². The Balaban J connectivity index is 1.80. The summed E-state index contributed by atoms with van der Waals surface area (Å²) in [7, 11) is 0. The molecule has 0 saturated carbocycles. The molecule has 0 spiro atoms. The van der Waals surface area contributed by atoms with Crippen LogP contribution in [-0.2, 0) is 0 Å². The van der Waals surface area contributed by atoms with Crippen molar-refractivity contribution in [1.82, 2.24) is 14.9 Å². The quantitative estimate of drug-likeness (QED) is 0.407. The molecule has 0 aliphatic heterocycles. The number of aryl methyl sites for hydroxylation is 1. The monoisotopic (exact) mass is 343 g/mol. The van der Waals surface area contributed by atoms with Crippen LogP contribution in [0.25, 0.3) is 11.4 Å². The molecule has 2 aromatic heterocycles. The van der Waals surface area contributed by atoms with E-state index >= 15 is 0 Å². The molecular formula is C16H17N5O2S. The number of hydrogen-bond acceptors (Lipinski definition) is 6. The van der Waals surface area contributed by atoms with Gasteiger partial charge in [-0.3, -0.25) is 0 Å². The van der Waals surface area contributed by atoms with E-state index in [9.17, 15) is 0 Å². The van der Waals surface area contributed by atoms with Gasteiger partial charge in [0.2, 0.25) is 4.77 Å². The summed E-state index contributed by atoms with van der Waals surface area (Å²) in [5, 5.41) is 11.1. The first-order valence-corrected chi connectivity index (χ1v) is 7.84. The van der Waals surface area contributed by atoms with Gasteiger partial charge in [0.1, 0.15) is 17.3 Å². The molecule has 0 aliphatic carbocycles. The maximum atomic E-state index is 5.44. The maximum Gasteiger partial charge on any atom is 0.216 e. The number of H-pyrrole nitrogens is 1. The minimum absolute atomic E-state index is 0.409. The lowest BCUT2D eigenvalue weighted by molar-refractivity contribution is 0.340. The molecule has 0 saturated heterocycles. The summed E-state index contributed by atoms with van der Waals surface area (Å²) in [5.41, 5.74) is 3.73. The fraction of sp³-hybridized carbons (Fsp3) is 0.188. The molecule has 3 rings (SSSR count). The van der Waals surface area contributed by atoms with Crippen LogP contribution < -0.4 is 10.3 Å². The molecule has 124 valence electrons. The van der Waals surface area contributed by atoms with E-state index in [1.54, 1.807) is 10.9 Å². The smallest absolute Gasteiger partial charge is 0.216 e. The molecule has 2 N–H and O–H groups in total. The van der Waals surface area contributed by atoms with Crippen LogP contribution in [0.5, 0.6) is 5.75 Å². The second-order valence-electron chi connectivity index (χ2n) is 4.95. The van der Waals surface area contributed by atoms with Gasteiger partial charge >= 0.3 is 0 Å². The first kappa shape index (κ1) is 16.0. The number of hydrazone groups is 1. The van der Waals surface area contributed by atoms with Crippen molar-refractivity contribution in [3.05, 3.63) is 52.7 Å². The van der Waals surface area contributed by atoms with Crippen LogP contribution in [0.1, 0.15) is 18.4 Å². The number of benzene rings is 1. The molecule has 3 aromatic rings. The highest BCUT2D eigenvalue weighted by atomic mass is 32.1. The van der Waals surface area contributed by atoms with Crippen molar-refractivity contribution < 1.29 is 9.15 Å². The average Bonchev–Trinajstić information content (AvgIpc) is 3.15. The van der Waals surface area contributed by atoms with E-state index in [1.807, 2.05) is 50.2 Å². The molecule has 0 aliphatic rings. The topological polar surface area (TPSA) is 80.4 Å². The van der Waals surface area contributed by atoms with Crippen molar-refractivity contribution in [2.24, 2.45) is 5.10 Å². The third kappa shape index (κ3) is 3.54. The summed E-state index contributed by atoms with van der Waals surface area (Å²) in [6.07, 6.45) is 1.57. The number of furan rings is 1. The fourth-order valence-corrected chi connectivity index (χ4v) is 2.30. The lowest BCUT2D eigenvalue weighted by Crippen LogP contribution is -2.10. The average molecular weight is 343 g/mol. The first-order valence-electron chi connectivity index (χ1n) is 7.43. The predicted molar refractivity (Wildman–Crippen MR) is 94.4 cm³/mol. The van der Waals surface area contributed by atoms with Crippen molar-refractivity contribution in [2.45, 2.75) is 13.8 Å². The molecule has 0 atom stereocenters. The molecule has 0 bridgehead atoms. The zero-order valence-electron chi connectivity index (χ0n) is 13.3. The molecule has 8 heteroatoms. The number of rotatable bonds is 6. The van der Waals surface area contributed by atoms with Crippen molar-refractivity contribution >= 4 is 18.4 Å². The Morgan fingerprint density at radius 1 is 1.33 bits per heavy atom. The van der Waals surface area contributed by atoms with Crippen molar-refractivity contribution in [2.75, 3.05) is 12.1 Å². The van der Waals surface area contributed by atoms with E-state index < -0.39 is 0 Å². The van der Waals surface area contributed by atoms with Crippen LogP contribution >= 0.6 is 12.2 Å². The van der Waals surface area contributed by atoms with Crippen molar-refractivity contribution in [3.8, 4) is 17.1 Å². The SMILES string of the molecule is CCOc1ccc(-c2n[nH]c(=S)n2N/N=C/c2ccc(C)o2)cc1. The van der Waals surface area contributed by atoms with Crippen LogP contribution in [0, 0.1) is 11.7 Å². The Morgan fingerprint density at radius 2 is 2.12 bits per heavy atom. The van der Waals surface area contributed by atoms with Gasteiger partial charge in [-0.2, -0.15) is 14.9 Å². The zero-order chi connectivity index (χ0) is 16.9. The highest BCUT2D eigenvalue weighted by molar-refractivity contribution is 7.71.